The summed E-state index contributed by atoms with van der Waals surface area (Å²) in [5, 5.41) is 3.01. The Hall–Kier alpha value is -1.39. The first kappa shape index (κ1) is 12.1. The van der Waals surface area contributed by atoms with Gasteiger partial charge in [-0.15, -0.1) is 0 Å². The molecular formula is C12H19FN4. The third kappa shape index (κ3) is 2.65. The molecule has 2 rings (SSSR count). The van der Waals surface area contributed by atoms with E-state index >= 15 is 0 Å². The van der Waals surface area contributed by atoms with E-state index in [1.165, 1.54) is 6.20 Å². The van der Waals surface area contributed by atoms with Crippen LogP contribution >= 0.6 is 0 Å². The highest BCUT2D eigenvalue weighted by atomic mass is 19.1. The van der Waals surface area contributed by atoms with Gasteiger partial charge in [0.15, 0.2) is 11.6 Å². The lowest BCUT2D eigenvalue weighted by Gasteiger charge is -2.18. The fourth-order valence-electron chi connectivity index (χ4n) is 2.18. The molecule has 1 aromatic heterocycles. The molecule has 1 saturated heterocycles. The number of nitrogens with zero attached hydrogens (tertiary/aromatic N) is 3. The van der Waals surface area contributed by atoms with Crippen LogP contribution in [-0.2, 0) is 0 Å². The smallest absolute Gasteiger partial charge is 0.224 e. The average molecular weight is 238 g/mol. The Kier molecular flexibility index (Phi) is 3.76. The summed E-state index contributed by atoms with van der Waals surface area (Å²) in [5.41, 5.74) is 0. The highest BCUT2D eigenvalue weighted by molar-refractivity contribution is 5.44. The van der Waals surface area contributed by atoms with Gasteiger partial charge in [0, 0.05) is 19.6 Å². The van der Waals surface area contributed by atoms with E-state index in [1.54, 1.807) is 0 Å². The molecular weight excluding hydrogens is 219 g/mol. The minimum Gasteiger partial charge on any atom is -0.354 e. The maximum Gasteiger partial charge on any atom is 0.224 e. The van der Waals surface area contributed by atoms with Crippen LogP contribution in [0.15, 0.2) is 6.20 Å². The zero-order chi connectivity index (χ0) is 12.3. The Morgan fingerprint density at radius 1 is 1.53 bits per heavy atom. The summed E-state index contributed by atoms with van der Waals surface area (Å²) in [5.74, 6) is 1.27. The number of aromatic nitrogens is 2. The Morgan fingerprint density at radius 2 is 2.35 bits per heavy atom. The van der Waals surface area contributed by atoms with Gasteiger partial charge in [0.2, 0.25) is 5.95 Å². The summed E-state index contributed by atoms with van der Waals surface area (Å²) in [6.45, 7) is 6.67. The molecule has 1 N–H and O–H groups in total. The number of halogens is 1. The van der Waals surface area contributed by atoms with Crippen molar-refractivity contribution in [3.8, 4) is 0 Å². The van der Waals surface area contributed by atoms with Gasteiger partial charge < -0.3 is 10.2 Å². The minimum absolute atomic E-state index is 0.330. The lowest BCUT2D eigenvalue weighted by Crippen LogP contribution is -2.22. The van der Waals surface area contributed by atoms with Crippen LogP contribution < -0.4 is 10.2 Å². The van der Waals surface area contributed by atoms with Crippen molar-refractivity contribution in [2.45, 2.75) is 26.7 Å². The molecule has 1 unspecified atom stereocenters. The molecule has 1 aliphatic heterocycles. The SMILES string of the molecule is CCNc1ncc(F)c(N2CCC(CC)C2)n1. The van der Waals surface area contributed by atoms with E-state index in [1.807, 2.05) is 11.8 Å². The number of anilines is 2. The lowest BCUT2D eigenvalue weighted by molar-refractivity contribution is 0.565. The predicted octanol–water partition coefficient (Wildman–Crippen LogP) is 2.28. The van der Waals surface area contributed by atoms with E-state index in [-0.39, 0.29) is 5.82 Å². The number of hydrogen-bond acceptors (Lipinski definition) is 4. The van der Waals surface area contributed by atoms with Crippen molar-refractivity contribution >= 4 is 11.8 Å². The summed E-state index contributed by atoms with van der Waals surface area (Å²) in [6.07, 6.45) is 3.51. The van der Waals surface area contributed by atoms with E-state index in [2.05, 4.69) is 22.2 Å². The summed E-state index contributed by atoms with van der Waals surface area (Å²) in [6, 6.07) is 0. The normalized spacial score (nSPS) is 19.7. The highest BCUT2D eigenvalue weighted by Gasteiger charge is 2.24. The summed E-state index contributed by atoms with van der Waals surface area (Å²) >= 11 is 0. The lowest BCUT2D eigenvalue weighted by atomic mass is 10.1. The number of rotatable bonds is 4. The van der Waals surface area contributed by atoms with E-state index < -0.39 is 0 Å². The average Bonchev–Trinajstić information content (AvgIpc) is 2.80. The van der Waals surface area contributed by atoms with Gasteiger partial charge in [0.05, 0.1) is 6.20 Å². The molecule has 1 atom stereocenters. The van der Waals surface area contributed by atoms with Crippen LogP contribution in [0, 0.1) is 11.7 Å². The van der Waals surface area contributed by atoms with Gasteiger partial charge in [-0.05, 0) is 19.3 Å². The first-order valence-electron chi connectivity index (χ1n) is 6.26. The number of hydrogen-bond donors (Lipinski definition) is 1. The molecule has 0 aliphatic carbocycles. The molecule has 4 nitrogen and oxygen atoms in total. The van der Waals surface area contributed by atoms with Crippen LogP contribution in [0.4, 0.5) is 16.2 Å². The molecule has 1 aliphatic rings. The molecule has 0 aromatic carbocycles. The van der Waals surface area contributed by atoms with Crippen molar-refractivity contribution < 1.29 is 4.39 Å². The molecule has 1 aromatic rings. The highest BCUT2D eigenvalue weighted by Crippen LogP contribution is 2.26. The van der Waals surface area contributed by atoms with Crippen LogP contribution in [0.5, 0.6) is 0 Å². The van der Waals surface area contributed by atoms with Crippen molar-refractivity contribution in [1.82, 2.24) is 9.97 Å². The second kappa shape index (κ2) is 5.29. The molecule has 5 heteroatoms. The van der Waals surface area contributed by atoms with Crippen molar-refractivity contribution in [3.63, 3.8) is 0 Å². The quantitative estimate of drug-likeness (QED) is 0.873. The van der Waals surface area contributed by atoms with Crippen LogP contribution in [-0.4, -0.2) is 29.6 Å². The van der Waals surface area contributed by atoms with Gasteiger partial charge in [0.25, 0.3) is 0 Å². The van der Waals surface area contributed by atoms with Crippen molar-refractivity contribution in [3.05, 3.63) is 12.0 Å². The Labute approximate surface area is 101 Å². The Bertz CT molecular complexity index is 383. The van der Waals surface area contributed by atoms with Crippen molar-refractivity contribution in [1.29, 1.82) is 0 Å². The Balaban J connectivity index is 2.16. The zero-order valence-corrected chi connectivity index (χ0v) is 10.4. The van der Waals surface area contributed by atoms with Gasteiger partial charge in [0.1, 0.15) is 0 Å². The van der Waals surface area contributed by atoms with E-state index in [9.17, 15) is 4.39 Å². The van der Waals surface area contributed by atoms with Crippen molar-refractivity contribution in [2.24, 2.45) is 5.92 Å². The third-order valence-electron chi connectivity index (χ3n) is 3.22. The summed E-state index contributed by atoms with van der Waals surface area (Å²) in [7, 11) is 0. The first-order chi connectivity index (χ1) is 8.24. The molecule has 94 valence electrons. The minimum atomic E-state index is -0.330. The van der Waals surface area contributed by atoms with E-state index in [4.69, 9.17) is 0 Å². The van der Waals surface area contributed by atoms with E-state index in [0.717, 1.165) is 32.5 Å². The fraction of sp³-hybridized carbons (Fsp3) is 0.667. The molecule has 0 radical (unpaired) electrons. The monoisotopic (exact) mass is 238 g/mol. The first-order valence-corrected chi connectivity index (χ1v) is 6.26. The maximum atomic E-state index is 13.7. The van der Waals surface area contributed by atoms with E-state index in [0.29, 0.717) is 17.7 Å². The van der Waals surface area contributed by atoms with Gasteiger partial charge in [-0.2, -0.15) is 4.98 Å². The summed E-state index contributed by atoms with van der Waals surface area (Å²) < 4.78 is 13.7. The fourth-order valence-corrected chi connectivity index (χ4v) is 2.18. The Morgan fingerprint density at radius 3 is 3.00 bits per heavy atom. The van der Waals surface area contributed by atoms with Crippen LogP contribution in [0.3, 0.4) is 0 Å². The van der Waals surface area contributed by atoms with Crippen LogP contribution in [0.25, 0.3) is 0 Å². The summed E-state index contributed by atoms with van der Waals surface area (Å²) in [4.78, 5) is 10.2. The van der Waals surface area contributed by atoms with Gasteiger partial charge in [-0.25, -0.2) is 9.37 Å². The molecule has 17 heavy (non-hydrogen) atoms. The molecule has 0 saturated carbocycles. The molecule has 0 spiro atoms. The maximum absolute atomic E-state index is 13.7. The molecule has 1 fully saturated rings. The second-order valence-electron chi connectivity index (χ2n) is 4.40. The van der Waals surface area contributed by atoms with Crippen LogP contribution in [0.1, 0.15) is 26.7 Å². The van der Waals surface area contributed by atoms with Gasteiger partial charge in [-0.3, -0.25) is 0 Å². The topological polar surface area (TPSA) is 41.1 Å². The molecule has 0 amide bonds. The van der Waals surface area contributed by atoms with Crippen LogP contribution in [0.2, 0.25) is 0 Å². The molecule has 2 heterocycles. The third-order valence-corrected chi connectivity index (χ3v) is 3.22. The van der Waals surface area contributed by atoms with Crippen molar-refractivity contribution in [2.75, 3.05) is 29.9 Å². The van der Waals surface area contributed by atoms with Gasteiger partial charge in [-0.1, -0.05) is 13.3 Å². The van der Waals surface area contributed by atoms with Gasteiger partial charge >= 0.3 is 0 Å². The second-order valence-corrected chi connectivity index (χ2v) is 4.40. The predicted molar refractivity (Wildman–Crippen MR) is 66.8 cm³/mol. The standard InChI is InChI=1S/C12H19FN4/c1-3-9-5-6-17(8-9)11-10(13)7-15-12(16-11)14-4-2/h7,9H,3-6,8H2,1-2H3,(H,14,15,16). The zero-order valence-electron chi connectivity index (χ0n) is 10.4. The number of nitrogens with one attached hydrogen (secondary N) is 1. The molecule has 0 bridgehead atoms. The largest absolute Gasteiger partial charge is 0.354 e.